The monoisotopic (exact) mass is 365 g/mol. The minimum atomic E-state index is -0.645. The summed E-state index contributed by atoms with van der Waals surface area (Å²) in [6, 6.07) is 16.4. The van der Waals surface area contributed by atoms with Gasteiger partial charge in [-0.05, 0) is 36.8 Å². The molecule has 0 aliphatic heterocycles. The molecule has 3 rings (SSSR count). The quantitative estimate of drug-likeness (QED) is 0.699. The molecule has 0 saturated heterocycles. The average Bonchev–Trinajstić information content (AvgIpc) is 3.12. The van der Waals surface area contributed by atoms with Gasteiger partial charge in [-0.1, -0.05) is 30.3 Å². The van der Waals surface area contributed by atoms with E-state index in [9.17, 15) is 4.79 Å². The van der Waals surface area contributed by atoms with Crippen molar-refractivity contribution in [1.82, 2.24) is 14.9 Å². The number of amides is 1. The molecule has 6 nitrogen and oxygen atoms in total. The third kappa shape index (κ3) is 4.47. The maximum Gasteiger partial charge on any atom is 0.261 e. The number of para-hydroxylation sites is 1. The fourth-order valence-electron chi connectivity index (χ4n) is 2.76. The lowest BCUT2D eigenvalue weighted by atomic mass is 10.1. The summed E-state index contributed by atoms with van der Waals surface area (Å²) < 4.78 is 12.8. The van der Waals surface area contributed by atoms with Gasteiger partial charge in [0.2, 0.25) is 0 Å². The molecule has 3 aromatic rings. The highest BCUT2D eigenvalue weighted by Gasteiger charge is 2.24. The van der Waals surface area contributed by atoms with Crippen LogP contribution in [0.1, 0.15) is 24.4 Å². The Morgan fingerprint density at radius 2 is 1.78 bits per heavy atom. The van der Waals surface area contributed by atoms with Gasteiger partial charge in [-0.3, -0.25) is 4.79 Å². The van der Waals surface area contributed by atoms with Crippen LogP contribution in [0.2, 0.25) is 0 Å². The van der Waals surface area contributed by atoms with E-state index in [1.165, 1.54) is 0 Å². The number of ether oxygens (including phenoxy) is 2. The minimum absolute atomic E-state index is 0.220. The van der Waals surface area contributed by atoms with Gasteiger partial charge in [0.1, 0.15) is 23.4 Å². The van der Waals surface area contributed by atoms with E-state index in [0.29, 0.717) is 5.75 Å². The Labute approximate surface area is 158 Å². The molecule has 2 atom stereocenters. The van der Waals surface area contributed by atoms with Crippen LogP contribution in [-0.4, -0.2) is 28.7 Å². The molecule has 2 aromatic carbocycles. The van der Waals surface area contributed by atoms with Crippen LogP contribution in [0.15, 0.2) is 67.0 Å². The molecule has 0 aliphatic carbocycles. The van der Waals surface area contributed by atoms with Crippen molar-refractivity contribution in [1.29, 1.82) is 0 Å². The second kappa shape index (κ2) is 8.40. The SMILES string of the molecule is COc1ccc(C(NC(=O)C(C)Oc2ccccc2)c2nccn2C)cc1. The van der Waals surface area contributed by atoms with Gasteiger partial charge >= 0.3 is 0 Å². The maximum absolute atomic E-state index is 12.8. The summed E-state index contributed by atoms with van der Waals surface area (Å²) in [4.78, 5) is 17.2. The molecule has 27 heavy (non-hydrogen) atoms. The Bertz CT molecular complexity index is 875. The third-order valence-electron chi connectivity index (χ3n) is 4.28. The fraction of sp³-hybridized carbons (Fsp3) is 0.238. The summed E-state index contributed by atoms with van der Waals surface area (Å²) in [5.74, 6) is 1.92. The van der Waals surface area contributed by atoms with Crippen molar-refractivity contribution in [2.45, 2.75) is 19.1 Å². The van der Waals surface area contributed by atoms with Crippen LogP contribution in [0, 0.1) is 0 Å². The molecule has 2 unspecified atom stereocenters. The van der Waals surface area contributed by atoms with Gasteiger partial charge in [-0.25, -0.2) is 4.98 Å². The molecular weight excluding hydrogens is 342 g/mol. The predicted octanol–water partition coefficient (Wildman–Crippen LogP) is 3.10. The number of imidazole rings is 1. The normalized spacial score (nSPS) is 12.9. The molecule has 0 radical (unpaired) electrons. The first-order valence-electron chi connectivity index (χ1n) is 8.71. The Balaban J connectivity index is 1.80. The third-order valence-corrected chi connectivity index (χ3v) is 4.28. The van der Waals surface area contributed by atoms with Crippen LogP contribution in [0.5, 0.6) is 11.5 Å². The van der Waals surface area contributed by atoms with Crippen molar-refractivity contribution in [3.8, 4) is 11.5 Å². The van der Waals surface area contributed by atoms with Crippen LogP contribution in [0.25, 0.3) is 0 Å². The van der Waals surface area contributed by atoms with E-state index in [-0.39, 0.29) is 5.91 Å². The first-order valence-corrected chi connectivity index (χ1v) is 8.71. The van der Waals surface area contributed by atoms with Gasteiger partial charge in [-0.15, -0.1) is 0 Å². The van der Waals surface area contributed by atoms with Gasteiger partial charge in [0.05, 0.1) is 7.11 Å². The first kappa shape index (κ1) is 18.5. The lowest BCUT2D eigenvalue weighted by Gasteiger charge is -2.22. The predicted molar refractivity (Wildman–Crippen MR) is 103 cm³/mol. The van der Waals surface area contributed by atoms with E-state index in [4.69, 9.17) is 9.47 Å². The van der Waals surface area contributed by atoms with E-state index < -0.39 is 12.1 Å². The zero-order chi connectivity index (χ0) is 19.2. The molecule has 6 heteroatoms. The first-order chi connectivity index (χ1) is 13.1. The van der Waals surface area contributed by atoms with E-state index in [0.717, 1.165) is 17.1 Å². The number of methoxy groups -OCH3 is 1. The highest BCUT2D eigenvalue weighted by atomic mass is 16.5. The van der Waals surface area contributed by atoms with Crippen molar-refractivity contribution in [3.63, 3.8) is 0 Å². The highest BCUT2D eigenvalue weighted by molar-refractivity contribution is 5.81. The molecular formula is C21H23N3O3. The van der Waals surface area contributed by atoms with Crippen LogP contribution < -0.4 is 14.8 Å². The number of aromatic nitrogens is 2. The zero-order valence-electron chi connectivity index (χ0n) is 15.6. The van der Waals surface area contributed by atoms with Gasteiger partial charge in [-0.2, -0.15) is 0 Å². The Morgan fingerprint density at radius 3 is 2.37 bits per heavy atom. The molecule has 1 amide bonds. The highest BCUT2D eigenvalue weighted by Crippen LogP contribution is 2.23. The van der Waals surface area contributed by atoms with Gasteiger partial charge < -0.3 is 19.4 Å². The minimum Gasteiger partial charge on any atom is -0.497 e. The lowest BCUT2D eigenvalue weighted by molar-refractivity contribution is -0.127. The van der Waals surface area contributed by atoms with Crippen molar-refractivity contribution in [2.24, 2.45) is 7.05 Å². The molecule has 0 fully saturated rings. The average molecular weight is 365 g/mol. The Kier molecular flexibility index (Phi) is 5.76. The molecule has 1 N–H and O–H groups in total. The Hall–Kier alpha value is -3.28. The number of hydrogen-bond acceptors (Lipinski definition) is 4. The number of carbonyl (C=O) groups is 1. The smallest absolute Gasteiger partial charge is 0.261 e. The summed E-state index contributed by atoms with van der Waals surface area (Å²) in [6.07, 6.45) is 2.91. The molecule has 1 aromatic heterocycles. The lowest BCUT2D eigenvalue weighted by Crippen LogP contribution is -2.39. The van der Waals surface area contributed by atoms with E-state index in [1.54, 1.807) is 20.2 Å². The number of carbonyl (C=O) groups excluding carboxylic acids is 1. The van der Waals surface area contributed by atoms with Crippen molar-refractivity contribution >= 4 is 5.91 Å². The van der Waals surface area contributed by atoms with E-state index in [1.807, 2.05) is 72.4 Å². The summed E-state index contributed by atoms with van der Waals surface area (Å²) in [5.41, 5.74) is 0.908. The standard InChI is InChI=1S/C21H23N3O3/c1-15(27-18-7-5-4-6-8-18)21(25)23-19(20-22-13-14-24(20)2)16-9-11-17(26-3)12-10-16/h4-15,19H,1-3H3,(H,23,25). The van der Waals surface area contributed by atoms with Crippen LogP contribution in [0.4, 0.5) is 0 Å². The van der Waals surface area contributed by atoms with Crippen LogP contribution >= 0.6 is 0 Å². The van der Waals surface area contributed by atoms with Crippen LogP contribution in [-0.2, 0) is 11.8 Å². The van der Waals surface area contributed by atoms with Crippen molar-refractivity contribution in [2.75, 3.05) is 7.11 Å². The van der Waals surface area contributed by atoms with Crippen molar-refractivity contribution in [3.05, 3.63) is 78.4 Å². The number of nitrogens with zero attached hydrogens (tertiary/aromatic N) is 2. The summed E-state index contributed by atoms with van der Waals surface area (Å²) in [5, 5.41) is 3.05. The second-order valence-corrected chi connectivity index (χ2v) is 6.18. The summed E-state index contributed by atoms with van der Waals surface area (Å²) in [7, 11) is 3.52. The zero-order valence-corrected chi connectivity index (χ0v) is 15.6. The van der Waals surface area contributed by atoms with Gasteiger partial charge in [0.25, 0.3) is 5.91 Å². The summed E-state index contributed by atoms with van der Waals surface area (Å²) in [6.45, 7) is 1.73. The number of nitrogens with one attached hydrogen (secondary N) is 1. The van der Waals surface area contributed by atoms with Gasteiger partial charge in [0.15, 0.2) is 6.10 Å². The number of benzene rings is 2. The fourth-order valence-corrected chi connectivity index (χ4v) is 2.76. The molecule has 0 spiro atoms. The summed E-state index contributed by atoms with van der Waals surface area (Å²) >= 11 is 0. The van der Waals surface area contributed by atoms with Crippen molar-refractivity contribution < 1.29 is 14.3 Å². The number of aryl methyl sites for hydroxylation is 1. The van der Waals surface area contributed by atoms with E-state index >= 15 is 0 Å². The second-order valence-electron chi connectivity index (χ2n) is 6.18. The van der Waals surface area contributed by atoms with Gasteiger partial charge in [0, 0.05) is 19.4 Å². The Morgan fingerprint density at radius 1 is 1.07 bits per heavy atom. The molecule has 0 aliphatic rings. The number of hydrogen-bond donors (Lipinski definition) is 1. The number of rotatable bonds is 7. The topological polar surface area (TPSA) is 65.4 Å². The molecule has 1 heterocycles. The molecule has 140 valence electrons. The van der Waals surface area contributed by atoms with E-state index in [2.05, 4.69) is 10.3 Å². The maximum atomic E-state index is 12.8. The molecule has 0 saturated carbocycles. The molecule has 0 bridgehead atoms. The van der Waals surface area contributed by atoms with Crippen LogP contribution in [0.3, 0.4) is 0 Å². The largest absolute Gasteiger partial charge is 0.497 e.